The molecule has 1 fully saturated rings. The predicted molar refractivity (Wildman–Crippen MR) is 87.0 cm³/mol. The number of aliphatic hydroxyl groups excluding tert-OH is 1. The van der Waals surface area contributed by atoms with E-state index in [1.54, 1.807) is 7.05 Å². The van der Waals surface area contributed by atoms with Crippen LogP contribution in [0.5, 0.6) is 0 Å². The molecule has 1 saturated carbocycles. The van der Waals surface area contributed by atoms with E-state index >= 15 is 0 Å². The highest BCUT2D eigenvalue weighted by Gasteiger charge is 2.27. The first-order valence-electron chi connectivity index (χ1n) is 7.92. The van der Waals surface area contributed by atoms with Gasteiger partial charge in [0.2, 0.25) is 5.91 Å². The maximum absolute atomic E-state index is 11.8. The van der Waals surface area contributed by atoms with Gasteiger partial charge in [-0.05, 0) is 25.2 Å². The molecule has 0 radical (unpaired) electrons. The second-order valence-corrected chi connectivity index (χ2v) is 6.77. The van der Waals surface area contributed by atoms with Crippen molar-refractivity contribution < 1.29 is 9.90 Å². The standard InChI is InChI=1S/C16H29ClN2O2/c1-11(17)8-13(16(21)19-2)10-15(20)14(18)9-12-6-4-3-5-7-12/h12-15,20H,1,3-10,18H2,2H3,(H,19,21)/t13-,14+,15+/m1/s1. The van der Waals surface area contributed by atoms with Gasteiger partial charge in [0.25, 0.3) is 0 Å². The van der Waals surface area contributed by atoms with Gasteiger partial charge in [0.05, 0.1) is 6.10 Å². The second kappa shape index (κ2) is 9.44. The van der Waals surface area contributed by atoms with Crippen molar-refractivity contribution in [2.45, 2.75) is 63.5 Å². The zero-order chi connectivity index (χ0) is 15.8. The van der Waals surface area contributed by atoms with Crippen LogP contribution in [0.2, 0.25) is 0 Å². The van der Waals surface area contributed by atoms with Crippen molar-refractivity contribution in [2.24, 2.45) is 17.6 Å². The number of carbonyl (C=O) groups is 1. The summed E-state index contributed by atoms with van der Waals surface area (Å²) in [5.41, 5.74) is 6.13. The molecule has 0 aromatic rings. The van der Waals surface area contributed by atoms with Gasteiger partial charge in [-0.1, -0.05) is 50.3 Å². The molecule has 0 aromatic carbocycles. The molecule has 0 unspecified atom stereocenters. The number of hydrogen-bond acceptors (Lipinski definition) is 3. The van der Waals surface area contributed by atoms with E-state index in [0.29, 0.717) is 23.8 Å². The highest BCUT2D eigenvalue weighted by Crippen LogP contribution is 2.28. The Labute approximate surface area is 133 Å². The summed E-state index contributed by atoms with van der Waals surface area (Å²) in [5, 5.41) is 13.3. The van der Waals surface area contributed by atoms with Crippen LogP contribution in [0.25, 0.3) is 0 Å². The molecule has 0 heterocycles. The van der Waals surface area contributed by atoms with Crippen molar-refractivity contribution in [2.75, 3.05) is 7.05 Å². The molecule has 5 heteroatoms. The summed E-state index contributed by atoms with van der Waals surface area (Å²) in [6.07, 6.45) is 7.11. The number of halogens is 1. The Bertz CT molecular complexity index is 343. The van der Waals surface area contributed by atoms with Crippen LogP contribution in [-0.2, 0) is 4.79 Å². The summed E-state index contributed by atoms with van der Waals surface area (Å²) >= 11 is 5.80. The van der Waals surface area contributed by atoms with E-state index in [9.17, 15) is 9.90 Å². The SMILES string of the molecule is C=C(Cl)C[C@H](C[C@H](O)[C@@H](N)CC1CCCCC1)C(=O)NC. The molecule has 122 valence electrons. The molecule has 4 N–H and O–H groups in total. The number of rotatable bonds is 8. The maximum atomic E-state index is 11.8. The Balaban J connectivity index is 2.48. The Morgan fingerprint density at radius 3 is 2.57 bits per heavy atom. The summed E-state index contributed by atoms with van der Waals surface area (Å²) in [6.45, 7) is 3.63. The zero-order valence-electron chi connectivity index (χ0n) is 13.0. The van der Waals surface area contributed by atoms with E-state index in [0.717, 1.165) is 6.42 Å². The van der Waals surface area contributed by atoms with E-state index in [-0.39, 0.29) is 17.9 Å². The molecule has 0 aliphatic heterocycles. The average molecular weight is 317 g/mol. The lowest BCUT2D eigenvalue weighted by Crippen LogP contribution is -2.40. The minimum atomic E-state index is -0.676. The van der Waals surface area contributed by atoms with Gasteiger partial charge >= 0.3 is 0 Å². The van der Waals surface area contributed by atoms with Gasteiger partial charge in [0.1, 0.15) is 0 Å². The van der Waals surface area contributed by atoms with Gasteiger partial charge in [-0.3, -0.25) is 4.79 Å². The quantitative estimate of drug-likeness (QED) is 0.644. The molecule has 21 heavy (non-hydrogen) atoms. The number of carbonyl (C=O) groups excluding carboxylic acids is 1. The van der Waals surface area contributed by atoms with Crippen molar-refractivity contribution in [1.82, 2.24) is 5.32 Å². The number of nitrogens with two attached hydrogens (primary N) is 1. The number of allylic oxidation sites excluding steroid dienone is 1. The maximum Gasteiger partial charge on any atom is 0.223 e. The topological polar surface area (TPSA) is 75.3 Å². The molecule has 1 amide bonds. The molecule has 0 spiro atoms. The highest BCUT2D eigenvalue weighted by molar-refractivity contribution is 6.29. The number of amides is 1. The lowest BCUT2D eigenvalue weighted by Gasteiger charge is -2.28. The first-order chi connectivity index (χ1) is 9.93. The van der Waals surface area contributed by atoms with E-state index < -0.39 is 6.10 Å². The van der Waals surface area contributed by atoms with Crippen molar-refractivity contribution in [3.63, 3.8) is 0 Å². The normalized spacial score (nSPS) is 20.6. The van der Waals surface area contributed by atoms with Crippen LogP contribution < -0.4 is 11.1 Å². The number of nitrogens with one attached hydrogen (secondary N) is 1. The van der Waals surface area contributed by atoms with Crippen molar-refractivity contribution in [3.8, 4) is 0 Å². The molecular weight excluding hydrogens is 288 g/mol. The van der Waals surface area contributed by atoms with Crippen LogP contribution in [-0.4, -0.2) is 30.2 Å². The largest absolute Gasteiger partial charge is 0.391 e. The monoisotopic (exact) mass is 316 g/mol. The van der Waals surface area contributed by atoms with Gasteiger partial charge in [0.15, 0.2) is 0 Å². The van der Waals surface area contributed by atoms with Gasteiger partial charge in [0, 0.05) is 24.0 Å². The lowest BCUT2D eigenvalue weighted by atomic mass is 9.82. The van der Waals surface area contributed by atoms with Crippen molar-refractivity contribution in [1.29, 1.82) is 0 Å². The van der Waals surface area contributed by atoms with E-state index in [1.165, 1.54) is 32.1 Å². The first kappa shape index (κ1) is 18.5. The van der Waals surface area contributed by atoms with Crippen molar-refractivity contribution in [3.05, 3.63) is 11.6 Å². The Morgan fingerprint density at radius 2 is 2.05 bits per heavy atom. The molecule has 1 rings (SSSR count). The predicted octanol–water partition coefficient (Wildman–Crippen LogP) is 2.54. The summed E-state index contributed by atoms with van der Waals surface area (Å²) in [6, 6.07) is -0.274. The Hall–Kier alpha value is -0.580. The van der Waals surface area contributed by atoms with Gasteiger partial charge < -0.3 is 16.2 Å². The molecular formula is C16H29ClN2O2. The molecule has 4 nitrogen and oxygen atoms in total. The van der Waals surface area contributed by atoms with Gasteiger partial charge in [-0.15, -0.1) is 0 Å². The third kappa shape index (κ3) is 6.81. The molecule has 1 aliphatic carbocycles. The minimum absolute atomic E-state index is 0.124. The van der Waals surface area contributed by atoms with Gasteiger partial charge in [-0.2, -0.15) is 0 Å². The summed E-state index contributed by atoms with van der Waals surface area (Å²) in [4.78, 5) is 11.8. The smallest absolute Gasteiger partial charge is 0.223 e. The fraction of sp³-hybridized carbons (Fsp3) is 0.812. The molecule has 1 aliphatic rings. The average Bonchev–Trinajstić information content (AvgIpc) is 2.46. The van der Waals surface area contributed by atoms with Crippen LogP contribution in [0.15, 0.2) is 11.6 Å². The highest BCUT2D eigenvalue weighted by atomic mass is 35.5. The molecule has 3 atom stereocenters. The van der Waals surface area contributed by atoms with Crippen molar-refractivity contribution >= 4 is 17.5 Å². The van der Waals surface area contributed by atoms with Crippen LogP contribution in [0.1, 0.15) is 51.4 Å². The van der Waals surface area contributed by atoms with E-state index in [2.05, 4.69) is 11.9 Å². The number of aliphatic hydroxyl groups is 1. The fourth-order valence-corrected chi connectivity index (χ4v) is 3.37. The summed E-state index contributed by atoms with van der Waals surface area (Å²) < 4.78 is 0. The minimum Gasteiger partial charge on any atom is -0.391 e. The van der Waals surface area contributed by atoms with Gasteiger partial charge in [-0.25, -0.2) is 0 Å². The second-order valence-electron chi connectivity index (χ2n) is 6.24. The van der Waals surface area contributed by atoms with Crippen LogP contribution in [0, 0.1) is 11.8 Å². The lowest BCUT2D eigenvalue weighted by molar-refractivity contribution is -0.125. The van der Waals surface area contributed by atoms with Crippen LogP contribution in [0.4, 0.5) is 0 Å². The van der Waals surface area contributed by atoms with E-state index in [4.69, 9.17) is 17.3 Å². The Morgan fingerprint density at radius 1 is 1.43 bits per heavy atom. The van der Waals surface area contributed by atoms with Crippen LogP contribution >= 0.6 is 11.6 Å². The Kier molecular flexibility index (Phi) is 8.30. The third-order valence-electron chi connectivity index (χ3n) is 4.44. The fourth-order valence-electron chi connectivity index (χ4n) is 3.19. The molecule has 0 bridgehead atoms. The first-order valence-corrected chi connectivity index (χ1v) is 8.30. The van der Waals surface area contributed by atoms with Crippen LogP contribution in [0.3, 0.4) is 0 Å². The number of hydrogen-bond donors (Lipinski definition) is 3. The molecule has 0 saturated heterocycles. The third-order valence-corrected chi connectivity index (χ3v) is 4.59. The van der Waals surface area contributed by atoms with E-state index in [1.807, 2.05) is 0 Å². The zero-order valence-corrected chi connectivity index (χ0v) is 13.7. The molecule has 0 aromatic heterocycles. The summed E-state index contributed by atoms with van der Waals surface area (Å²) in [7, 11) is 1.58. The summed E-state index contributed by atoms with van der Waals surface area (Å²) in [5.74, 6) is 0.123.